The van der Waals surface area contributed by atoms with Crippen LogP contribution in [0.3, 0.4) is 0 Å². The first-order valence-corrected chi connectivity index (χ1v) is 11.2. The molecule has 0 spiro atoms. The van der Waals surface area contributed by atoms with Crippen LogP contribution in [0.1, 0.15) is 35.2 Å². The monoisotopic (exact) mass is 453 g/mol. The highest BCUT2D eigenvalue weighted by Gasteiger charge is 2.25. The van der Waals surface area contributed by atoms with Crippen LogP contribution in [0, 0.1) is 11.7 Å². The van der Waals surface area contributed by atoms with E-state index in [0.29, 0.717) is 40.0 Å². The molecule has 0 N–H and O–H groups in total. The summed E-state index contributed by atoms with van der Waals surface area (Å²) >= 11 is 0. The first kappa shape index (κ1) is 23.0. The molecule has 7 heteroatoms. The van der Waals surface area contributed by atoms with Gasteiger partial charge in [0.2, 0.25) is 5.75 Å². The van der Waals surface area contributed by atoms with E-state index >= 15 is 0 Å². The van der Waals surface area contributed by atoms with Gasteiger partial charge in [-0.2, -0.15) is 0 Å². The summed E-state index contributed by atoms with van der Waals surface area (Å²) in [5.41, 5.74) is 1.54. The van der Waals surface area contributed by atoms with E-state index in [-0.39, 0.29) is 22.9 Å². The summed E-state index contributed by atoms with van der Waals surface area (Å²) in [6.07, 6.45) is 4.52. The van der Waals surface area contributed by atoms with E-state index in [1.54, 1.807) is 24.3 Å². The number of benzene rings is 2. The number of carbonyl (C=O) groups excluding carboxylic acids is 1. The molecule has 0 saturated carbocycles. The predicted octanol–water partition coefficient (Wildman–Crippen LogP) is 4.48. The fraction of sp³-hybridized carbons (Fsp3) is 0.385. The summed E-state index contributed by atoms with van der Waals surface area (Å²) in [4.78, 5) is 27.9. The third-order valence-corrected chi connectivity index (χ3v) is 6.36. The normalized spacial score (nSPS) is 15.0. The van der Waals surface area contributed by atoms with E-state index < -0.39 is 0 Å². The van der Waals surface area contributed by atoms with Gasteiger partial charge in [0.05, 0.1) is 25.9 Å². The zero-order valence-electron chi connectivity index (χ0n) is 18.9. The van der Waals surface area contributed by atoms with E-state index in [1.807, 2.05) is 0 Å². The minimum absolute atomic E-state index is 0.0220. The quantitative estimate of drug-likeness (QED) is 0.469. The van der Waals surface area contributed by atoms with Crippen LogP contribution in [0.4, 0.5) is 4.39 Å². The van der Waals surface area contributed by atoms with Gasteiger partial charge in [-0.15, -0.1) is 0 Å². The van der Waals surface area contributed by atoms with Gasteiger partial charge in [0.1, 0.15) is 5.82 Å². The van der Waals surface area contributed by atoms with Crippen molar-refractivity contribution in [1.82, 2.24) is 4.90 Å². The van der Waals surface area contributed by atoms with Crippen molar-refractivity contribution in [3.05, 3.63) is 69.8 Å². The Balaban J connectivity index is 1.32. The van der Waals surface area contributed by atoms with E-state index in [4.69, 9.17) is 13.9 Å². The Morgan fingerprint density at radius 1 is 1.09 bits per heavy atom. The highest BCUT2D eigenvalue weighted by atomic mass is 19.1. The fourth-order valence-corrected chi connectivity index (χ4v) is 4.49. The fourth-order valence-electron chi connectivity index (χ4n) is 4.49. The topological polar surface area (TPSA) is 69.0 Å². The second-order valence-corrected chi connectivity index (χ2v) is 8.36. The number of rotatable bonds is 8. The molecule has 3 aromatic rings. The molecule has 0 amide bonds. The van der Waals surface area contributed by atoms with Gasteiger partial charge in [0, 0.05) is 17.0 Å². The van der Waals surface area contributed by atoms with Crippen molar-refractivity contribution < 1.29 is 23.1 Å². The van der Waals surface area contributed by atoms with E-state index in [9.17, 15) is 14.0 Å². The summed E-state index contributed by atoms with van der Waals surface area (Å²) < 4.78 is 29.5. The number of piperidine rings is 1. The van der Waals surface area contributed by atoms with Crippen molar-refractivity contribution in [1.29, 1.82) is 0 Å². The Hall–Kier alpha value is -3.19. The number of ketones is 1. The molecule has 1 aromatic heterocycles. The molecule has 1 saturated heterocycles. The number of aryl methyl sites for hydroxylation is 1. The lowest BCUT2D eigenvalue weighted by Gasteiger charge is -2.31. The first-order chi connectivity index (χ1) is 16.0. The minimum atomic E-state index is -0.333. The molecule has 33 heavy (non-hydrogen) atoms. The molecule has 1 aliphatic rings. The zero-order chi connectivity index (χ0) is 23.4. The molecule has 2 aromatic carbocycles. The van der Waals surface area contributed by atoms with Gasteiger partial charge in [-0.1, -0.05) is 0 Å². The SMILES string of the molecule is COc1ccc2c(=O)c(CCCN3CCC(C(=O)c4ccc(F)cc4)CC3)coc2c1OC. The van der Waals surface area contributed by atoms with Crippen LogP contribution < -0.4 is 14.9 Å². The number of ether oxygens (including phenoxy) is 2. The second-order valence-electron chi connectivity index (χ2n) is 8.36. The zero-order valence-corrected chi connectivity index (χ0v) is 18.9. The molecule has 1 fully saturated rings. The highest BCUT2D eigenvalue weighted by Crippen LogP contribution is 2.34. The van der Waals surface area contributed by atoms with E-state index in [0.717, 1.165) is 38.9 Å². The molecule has 174 valence electrons. The summed E-state index contributed by atoms with van der Waals surface area (Å²) in [6, 6.07) is 9.19. The lowest BCUT2D eigenvalue weighted by atomic mass is 9.89. The predicted molar refractivity (Wildman–Crippen MR) is 124 cm³/mol. The van der Waals surface area contributed by atoms with Gasteiger partial charge >= 0.3 is 0 Å². The Morgan fingerprint density at radius 3 is 2.48 bits per heavy atom. The van der Waals surface area contributed by atoms with Crippen LogP contribution in [0.2, 0.25) is 0 Å². The van der Waals surface area contributed by atoms with Gasteiger partial charge in [-0.25, -0.2) is 4.39 Å². The molecule has 0 unspecified atom stereocenters. The van der Waals surface area contributed by atoms with Crippen LogP contribution in [0.15, 0.2) is 51.9 Å². The van der Waals surface area contributed by atoms with Gasteiger partial charge < -0.3 is 18.8 Å². The Labute approximate surface area is 191 Å². The molecular weight excluding hydrogens is 425 g/mol. The number of Topliss-reactive ketones (excluding diaryl/α,β-unsaturated/α-hetero) is 1. The number of methoxy groups -OCH3 is 2. The standard InChI is InChI=1S/C26H28FNO5/c1-31-22-10-9-21-24(30)19(16-33-25(21)26(22)32-2)4-3-13-28-14-11-18(12-15-28)23(29)17-5-7-20(27)8-6-17/h5-10,16,18H,3-4,11-15H2,1-2H3. The molecule has 0 radical (unpaired) electrons. The van der Waals surface area contributed by atoms with Crippen LogP contribution in [0.25, 0.3) is 11.0 Å². The molecule has 2 heterocycles. The summed E-state index contributed by atoms with van der Waals surface area (Å²) in [7, 11) is 3.05. The first-order valence-electron chi connectivity index (χ1n) is 11.2. The summed E-state index contributed by atoms with van der Waals surface area (Å²) in [6.45, 7) is 2.52. The van der Waals surface area contributed by atoms with Gasteiger partial charge in [-0.05, 0) is 81.7 Å². The van der Waals surface area contributed by atoms with Crippen molar-refractivity contribution in [2.75, 3.05) is 33.9 Å². The van der Waals surface area contributed by atoms with Crippen molar-refractivity contribution in [2.24, 2.45) is 5.92 Å². The van der Waals surface area contributed by atoms with Crippen molar-refractivity contribution in [3.63, 3.8) is 0 Å². The highest BCUT2D eigenvalue weighted by molar-refractivity contribution is 5.97. The molecule has 0 atom stereocenters. The van der Waals surface area contributed by atoms with Crippen LogP contribution >= 0.6 is 0 Å². The number of carbonyl (C=O) groups is 1. The summed E-state index contributed by atoms with van der Waals surface area (Å²) in [5, 5.41) is 0.477. The maximum Gasteiger partial charge on any atom is 0.204 e. The molecular formula is C26H28FNO5. The van der Waals surface area contributed by atoms with Crippen LogP contribution in [0.5, 0.6) is 11.5 Å². The maximum atomic E-state index is 13.1. The Bertz CT molecular complexity index is 1180. The molecule has 0 bridgehead atoms. The molecule has 1 aliphatic heterocycles. The number of nitrogens with zero attached hydrogens (tertiary/aromatic N) is 1. The Morgan fingerprint density at radius 2 is 1.82 bits per heavy atom. The average molecular weight is 454 g/mol. The second kappa shape index (κ2) is 10.2. The number of fused-ring (bicyclic) bond motifs is 1. The third kappa shape index (κ3) is 4.93. The number of likely N-dealkylation sites (tertiary alicyclic amines) is 1. The van der Waals surface area contributed by atoms with E-state index in [2.05, 4.69) is 4.90 Å². The van der Waals surface area contributed by atoms with Gasteiger partial charge in [0.15, 0.2) is 22.5 Å². The lowest BCUT2D eigenvalue weighted by molar-refractivity contribution is 0.0839. The third-order valence-electron chi connectivity index (χ3n) is 6.36. The number of halogens is 1. The van der Waals surface area contributed by atoms with Crippen LogP contribution in [-0.2, 0) is 6.42 Å². The molecule has 4 rings (SSSR count). The largest absolute Gasteiger partial charge is 0.493 e. The van der Waals surface area contributed by atoms with Gasteiger partial charge in [0.25, 0.3) is 0 Å². The smallest absolute Gasteiger partial charge is 0.204 e. The van der Waals surface area contributed by atoms with Crippen molar-refractivity contribution >= 4 is 16.8 Å². The van der Waals surface area contributed by atoms with Crippen molar-refractivity contribution in [3.8, 4) is 11.5 Å². The van der Waals surface area contributed by atoms with Crippen molar-refractivity contribution in [2.45, 2.75) is 25.7 Å². The number of hydrogen-bond donors (Lipinski definition) is 0. The van der Waals surface area contributed by atoms with Crippen LogP contribution in [-0.4, -0.2) is 44.5 Å². The van der Waals surface area contributed by atoms with Gasteiger partial charge in [-0.3, -0.25) is 9.59 Å². The van der Waals surface area contributed by atoms with E-state index in [1.165, 1.54) is 32.6 Å². The Kier molecular flexibility index (Phi) is 7.08. The molecule has 6 nitrogen and oxygen atoms in total. The summed E-state index contributed by atoms with van der Waals surface area (Å²) in [5.74, 6) is 0.668. The minimum Gasteiger partial charge on any atom is -0.493 e. The maximum absolute atomic E-state index is 13.1. The number of hydrogen-bond acceptors (Lipinski definition) is 6. The molecule has 0 aliphatic carbocycles. The average Bonchev–Trinajstić information content (AvgIpc) is 2.85. The lowest BCUT2D eigenvalue weighted by Crippen LogP contribution is -2.37.